The molecule has 0 radical (unpaired) electrons. The number of carbonyl (C=O) groups is 1. The number of nitrogens with two attached hydrogens (primary N) is 1. The molecule has 5 nitrogen and oxygen atoms in total. The normalized spacial score (nSPS) is 13.8. The Balaban J connectivity index is 2.76. The number of amides is 1. The number of nitrogens with one attached hydrogen (secondary N) is 1. The van der Waals surface area contributed by atoms with Gasteiger partial charge in [-0.3, -0.25) is 4.79 Å². The first-order valence-electron chi connectivity index (χ1n) is 5.80. The zero-order chi connectivity index (χ0) is 13.5. The molecule has 0 spiro atoms. The predicted molar refractivity (Wildman–Crippen MR) is 69.4 cm³/mol. The third-order valence-electron chi connectivity index (χ3n) is 2.76. The Morgan fingerprint density at radius 2 is 2.06 bits per heavy atom. The lowest BCUT2D eigenvalue weighted by Gasteiger charge is -2.20. The molecule has 5 heteroatoms. The Bertz CT molecular complexity index is 392. The Morgan fingerprint density at radius 1 is 1.39 bits per heavy atom. The van der Waals surface area contributed by atoms with E-state index in [2.05, 4.69) is 5.32 Å². The van der Waals surface area contributed by atoms with E-state index < -0.39 is 6.10 Å². The molecule has 18 heavy (non-hydrogen) atoms. The lowest BCUT2D eigenvalue weighted by Crippen LogP contribution is -2.41. The number of rotatable bonds is 6. The van der Waals surface area contributed by atoms with E-state index in [1.54, 1.807) is 7.11 Å². The highest BCUT2D eigenvalue weighted by molar-refractivity contribution is 5.81. The Labute approximate surface area is 107 Å². The summed E-state index contributed by atoms with van der Waals surface area (Å²) in [4.78, 5) is 11.8. The highest BCUT2D eigenvalue weighted by atomic mass is 16.5. The molecule has 0 aliphatic heterocycles. The van der Waals surface area contributed by atoms with Gasteiger partial charge in [0.05, 0.1) is 13.2 Å². The quantitative estimate of drug-likeness (QED) is 0.787. The van der Waals surface area contributed by atoms with Crippen LogP contribution in [0.3, 0.4) is 0 Å². The average molecular weight is 252 g/mol. The summed E-state index contributed by atoms with van der Waals surface area (Å²) in [5.41, 5.74) is 6.36. The molecule has 0 saturated heterocycles. The van der Waals surface area contributed by atoms with Gasteiger partial charge in [0.2, 0.25) is 0 Å². The molecule has 1 aromatic carbocycles. The molecule has 0 bridgehead atoms. The topological polar surface area (TPSA) is 73.6 Å². The second kappa shape index (κ2) is 6.98. The maximum absolute atomic E-state index is 11.8. The van der Waals surface area contributed by atoms with Gasteiger partial charge >= 0.3 is 0 Å². The van der Waals surface area contributed by atoms with E-state index in [1.807, 2.05) is 31.2 Å². The van der Waals surface area contributed by atoms with E-state index >= 15 is 0 Å². The van der Waals surface area contributed by atoms with E-state index in [0.717, 1.165) is 11.3 Å². The molecule has 100 valence electrons. The molecule has 0 saturated carbocycles. The number of hydrogen-bond donors (Lipinski definition) is 2. The second-order valence-corrected chi connectivity index (χ2v) is 3.93. The molecule has 2 atom stereocenters. The zero-order valence-electron chi connectivity index (χ0n) is 11.0. The van der Waals surface area contributed by atoms with Gasteiger partial charge in [0.25, 0.3) is 5.91 Å². The van der Waals surface area contributed by atoms with Gasteiger partial charge in [-0.2, -0.15) is 0 Å². The van der Waals surface area contributed by atoms with Crippen LogP contribution in [0.4, 0.5) is 0 Å². The van der Waals surface area contributed by atoms with Crippen molar-refractivity contribution in [2.45, 2.75) is 19.1 Å². The molecule has 0 fully saturated rings. The summed E-state index contributed by atoms with van der Waals surface area (Å²) in [5, 5.41) is 2.85. The third kappa shape index (κ3) is 3.45. The molecular formula is C13H20N2O3. The Morgan fingerprint density at radius 3 is 2.61 bits per heavy atom. The van der Waals surface area contributed by atoms with Crippen LogP contribution < -0.4 is 15.8 Å². The molecule has 1 amide bonds. The first-order chi connectivity index (χ1) is 8.63. The second-order valence-electron chi connectivity index (χ2n) is 3.93. The summed E-state index contributed by atoms with van der Waals surface area (Å²) in [6.45, 7) is 2.04. The molecular weight excluding hydrogens is 232 g/mol. The number of benzene rings is 1. The van der Waals surface area contributed by atoms with Crippen molar-refractivity contribution in [3.8, 4) is 5.75 Å². The van der Waals surface area contributed by atoms with Crippen molar-refractivity contribution in [1.29, 1.82) is 0 Å². The highest BCUT2D eigenvalue weighted by Crippen LogP contribution is 2.24. The van der Waals surface area contributed by atoms with Gasteiger partial charge in [0.1, 0.15) is 11.9 Å². The van der Waals surface area contributed by atoms with Crippen molar-refractivity contribution in [3.63, 3.8) is 0 Å². The van der Waals surface area contributed by atoms with Gasteiger partial charge in [0, 0.05) is 19.2 Å². The van der Waals surface area contributed by atoms with Gasteiger partial charge in [0.15, 0.2) is 0 Å². The standard InChI is InChI=1S/C13H20N2O3/c1-9(15-13(16)12(8-14)18-3)10-6-4-5-7-11(10)17-2/h4-7,9,12H,8,14H2,1-3H3,(H,15,16). The van der Waals surface area contributed by atoms with E-state index in [-0.39, 0.29) is 18.5 Å². The minimum atomic E-state index is -0.623. The number of carbonyl (C=O) groups excluding carboxylic acids is 1. The summed E-state index contributed by atoms with van der Waals surface area (Å²) in [6.07, 6.45) is -0.623. The Hall–Kier alpha value is -1.59. The van der Waals surface area contributed by atoms with E-state index in [9.17, 15) is 4.79 Å². The van der Waals surface area contributed by atoms with Crippen molar-refractivity contribution >= 4 is 5.91 Å². The molecule has 2 unspecified atom stereocenters. The van der Waals surface area contributed by atoms with Gasteiger partial charge in [-0.25, -0.2) is 0 Å². The van der Waals surface area contributed by atoms with Gasteiger partial charge in [-0.05, 0) is 13.0 Å². The summed E-state index contributed by atoms with van der Waals surface area (Å²) in [6, 6.07) is 7.38. The fourth-order valence-electron chi connectivity index (χ4n) is 1.72. The SMILES string of the molecule is COc1ccccc1C(C)NC(=O)C(CN)OC. The first-order valence-corrected chi connectivity index (χ1v) is 5.80. The van der Waals surface area contributed by atoms with Crippen LogP contribution in [0.5, 0.6) is 5.75 Å². The van der Waals surface area contributed by atoms with Crippen LogP contribution in [-0.4, -0.2) is 32.8 Å². The van der Waals surface area contributed by atoms with E-state index in [1.165, 1.54) is 7.11 Å². The minimum Gasteiger partial charge on any atom is -0.496 e. The largest absolute Gasteiger partial charge is 0.496 e. The summed E-state index contributed by atoms with van der Waals surface area (Å²) in [5.74, 6) is 0.519. The van der Waals surface area contributed by atoms with Gasteiger partial charge < -0.3 is 20.5 Å². The van der Waals surface area contributed by atoms with Crippen LogP contribution in [0.2, 0.25) is 0 Å². The number of hydrogen-bond acceptors (Lipinski definition) is 4. The average Bonchev–Trinajstić information content (AvgIpc) is 2.40. The van der Waals surface area contributed by atoms with Gasteiger partial charge in [-0.15, -0.1) is 0 Å². The zero-order valence-corrected chi connectivity index (χ0v) is 11.0. The molecule has 0 aromatic heterocycles. The fourth-order valence-corrected chi connectivity index (χ4v) is 1.72. The summed E-state index contributed by atoms with van der Waals surface area (Å²) in [7, 11) is 3.07. The molecule has 0 aliphatic rings. The van der Waals surface area contributed by atoms with Crippen molar-refractivity contribution in [3.05, 3.63) is 29.8 Å². The van der Waals surface area contributed by atoms with Crippen molar-refractivity contribution in [2.24, 2.45) is 5.73 Å². The lowest BCUT2D eigenvalue weighted by atomic mass is 10.1. The monoisotopic (exact) mass is 252 g/mol. The fraction of sp³-hybridized carbons (Fsp3) is 0.462. The van der Waals surface area contributed by atoms with Crippen molar-refractivity contribution < 1.29 is 14.3 Å². The number of para-hydroxylation sites is 1. The van der Waals surface area contributed by atoms with Crippen molar-refractivity contribution in [1.82, 2.24) is 5.32 Å². The van der Waals surface area contributed by atoms with Crippen LogP contribution in [0.15, 0.2) is 24.3 Å². The summed E-state index contributed by atoms with van der Waals surface area (Å²) >= 11 is 0. The highest BCUT2D eigenvalue weighted by Gasteiger charge is 2.19. The van der Waals surface area contributed by atoms with Crippen LogP contribution in [0, 0.1) is 0 Å². The van der Waals surface area contributed by atoms with Gasteiger partial charge in [-0.1, -0.05) is 18.2 Å². The predicted octanol–water partition coefficient (Wildman–Crippen LogP) is 0.846. The van der Waals surface area contributed by atoms with Crippen LogP contribution >= 0.6 is 0 Å². The molecule has 1 aromatic rings. The first kappa shape index (κ1) is 14.5. The molecule has 3 N–H and O–H groups in total. The van der Waals surface area contributed by atoms with Crippen LogP contribution in [-0.2, 0) is 9.53 Å². The minimum absolute atomic E-state index is 0.154. The summed E-state index contributed by atoms with van der Waals surface area (Å²) < 4.78 is 10.2. The number of methoxy groups -OCH3 is 2. The van der Waals surface area contributed by atoms with Crippen molar-refractivity contribution in [2.75, 3.05) is 20.8 Å². The Kier molecular flexibility index (Phi) is 5.61. The van der Waals surface area contributed by atoms with Crippen LogP contribution in [0.25, 0.3) is 0 Å². The molecule has 0 heterocycles. The number of ether oxygens (including phenoxy) is 2. The maximum atomic E-state index is 11.8. The van der Waals surface area contributed by atoms with E-state index in [4.69, 9.17) is 15.2 Å². The maximum Gasteiger partial charge on any atom is 0.250 e. The lowest BCUT2D eigenvalue weighted by molar-refractivity contribution is -0.131. The van der Waals surface area contributed by atoms with Crippen LogP contribution in [0.1, 0.15) is 18.5 Å². The smallest absolute Gasteiger partial charge is 0.250 e. The molecule has 0 aliphatic carbocycles. The molecule has 1 rings (SSSR count). The van der Waals surface area contributed by atoms with E-state index in [0.29, 0.717) is 0 Å². The third-order valence-corrected chi connectivity index (χ3v) is 2.76.